The van der Waals surface area contributed by atoms with E-state index in [1.807, 2.05) is 66.2 Å². The van der Waals surface area contributed by atoms with E-state index in [9.17, 15) is 4.79 Å². The summed E-state index contributed by atoms with van der Waals surface area (Å²) >= 11 is 0. The number of hydrogen-bond acceptors (Lipinski definition) is 3. The fourth-order valence-electron chi connectivity index (χ4n) is 3.41. The Morgan fingerprint density at radius 1 is 0.966 bits per heavy atom. The van der Waals surface area contributed by atoms with E-state index < -0.39 is 0 Å². The molecule has 0 unspecified atom stereocenters. The van der Waals surface area contributed by atoms with Crippen LogP contribution in [0.2, 0.25) is 0 Å². The van der Waals surface area contributed by atoms with Gasteiger partial charge in [-0.2, -0.15) is 0 Å². The second-order valence-corrected chi connectivity index (χ2v) is 7.05. The quantitative estimate of drug-likeness (QED) is 0.434. The first kappa shape index (κ1) is 18.7. The number of rotatable bonds is 5. The lowest BCUT2D eigenvalue weighted by atomic mass is 9.93. The van der Waals surface area contributed by atoms with Gasteiger partial charge in [0.1, 0.15) is 5.75 Å². The molecular weight excluding hydrogens is 360 g/mol. The molecule has 0 spiro atoms. The molecule has 0 saturated heterocycles. The van der Waals surface area contributed by atoms with E-state index in [0.717, 1.165) is 22.5 Å². The minimum absolute atomic E-state index is 0.0344. The molecule has 4 aromatic rings. The summed E-state index contributed by atoms with van der Waals surface area (Å²) in [5.41, 5.74) is 6.15. The molecule has 4 rings (SSSR count). The van der Waals surface area contributed by atoms with Crippen molar-refractivity contribution in [3.8, 4) is 22.6 Å². The van der Waals surface area contributed by atoms with Crippen LogP contribution in [0.5, 0.6) is 5.75 Å². The number of aryl methyl sites for hydroxylation is 2. The summed E-state index contributed by atoms with van der Waals surface area (Å²) < 4.78 is 7.45. The predicted octanol–water partition coefficient (Wildman–Crippen LogP) is 5.40. The molecular formula is C25H22N2O2. The number of methoxy groups -OCH3 is 1. The average molecular weight is 382 g/mol. The summed E-state index contributed by atoms with van der Waals surface area (Å²) in [5.74, 6) is 0.592. The lowest BCUT2D eigenvalue weighted by Crippen LogP contribution is -2.05. The van der Waals surface area contributed by atoms with Gasteiger partial charge in [0, 0.05) is 17.3 Å². The molecule has 144 valence electrons. The Hall–Kier alpha value is -3.66. The molecule has 0 amide bonds. The van der Waals surface area contributed by atoms with E-state index in [0.29, 0.717) is 16.9 Å². The molecule has 0 atom stereocenters. The third kappa shape index (κ3) is 3.69. The third-order valence-electron chi connectivity index (χ3n) is 4.97. The van der Waals surface area contributed by atoms with Gasteiger partial charge in [0.15, 0.2) is 5.78 Å². The molecule has 0 radical (unpaired) electrons. The molecule has 1 heterocycles. The Morgan fingerprint density at radius 2 is 1.72 bits per heavy atom. The van der Waals surface area contributed by atoms with E-state index in [1.165, 1.54) is 5.56 Å². The number of carbonyl (C=O) groups is 1. The highest BCUT2D eigenvalue weighted by atomic mass is 16.5. The van der Waals surface area contributed by atoms with Gasteiger partial charge in [0.05, 0.1) is 24.8 Å². The molecule has 0 aliphatic carbocycles. The molecule has 3 aromatic carbocycles. The van der Waals surface area contributed by atoms with Gasteiger partial charge in [-0.25, -0.2) is 4.98 Å². The minimum atomic E-state index is -0.0344. The third-order valence-corrected chi connectivity index (χ3v) is 4.97. The van der Waals surface area contributed by atoms with Crippen molar-refractivity contribution < 1.29 is 9.53 Å². The lowest BCUT2D eigenvalue weighted by molar-refractivity contribution is 0.103. The summed E-state index contributed by atoms with van der Waals surface area (Å²) in [6, 6.07) is 21.4. The highest BCUT2D eigenvalue weighted by molar-refractivity contribution is 6.13. The Kier molecular flexibility index (Phi) is 5.00. The van der Waals surface area contributed by atoms with Crippen LogP contribution in [0.25, 0.3) is 16.8 Å². The van der Waals surface area contributed by atoms with Crippen molar-refractivity contribution in [3.05, 3.63) is 102 Å². The van der Waals surface area contributed by atoms with Gasteiger partial charge < -0.3 is 9.30 Å². The molecule has 0 bridgehead atoms. The first-order valence-electron chi connectivity index (χ1n) is 9.46. The highest BCUT2D eigenvalue weighted by Crippen LogP contribution is 2.29. The number of imidazole rings is 1. The van der Waals surface area contributed by atoms with Gasteiger partial charge >= 0.3 is 0 Å². The van der Waals surface area contributed by atoms with Crippen molar-refractivity contribution in [2.75, 3.05) is 7.11 Å². The van der Waals surface area contributed by atoms with Gasteiger partial charge in [-0.05, 0) is 43.2 Å². The standard InChI is InChI=1S/C25H22N2O2/c1-17-8-10-19(11-9-17)21-6-4-5-7-22(21)25(28)20-12-13-23(24(14-20)29-3)27-15-18(2)26-16-27/h4-16H,1-3H3. The first-order valence-corrected chi connectivity index (χ1v) is 9.46. The van der Waals surface area contributed by atoms with Crippen LogP contribution in [0, 0.1) is 13.8 Å². The minimum Gasteiger partial charge on any atom is -0.495 e. The molecule has 4 heteroatoms. The van der Waals surface area contributed by atoms with Crippen molar-refractivity contribution in [2.45, 2.75) is 13.8 Å². The summed E-state index contributed by atoms with van der Waals surface area (Å²) in [5, 5.41) is 0. The molecule has 29 heavy (non-hydrogen) atoms. The molecule has 1 aromatic heterocycles. The topological polar surface area (TPSA) is 44.1 Å². The Labute approximate surface area is 170 Å². The monoisotopic (exact) mass is 382 g/mol. The van der Waals surface area contributed by atoms with Crippen LogP contribution in [0.1, 0.15) is 27.2 Å². The maximum Gasteiger partial charge on any atom is 0.193 e. The first-order chi connectivity index (χ1) is 14.1. The van der Waals surface area contributed by atoms with Gasteiger partial charge in [-0.1, -0.05) is 54.1 Å². The van der Waals surface area contributed by atoms with Crippen LogP contribution in [-0.4, -0.2) is 22.4 Å². The molecule has 0 fully saturated rings. The van der Waals surface area contributed by atoms with Crippen LogP contribution < -0.4 is 4.74 Å². The van der Waals surface area contributed by atoms with Crippen molar-refractivity contribution in [3.63, 3.8) is 0 Å². The number of ketones is 1. The number of hydrogen-bond donors (Lipinski definition) is 0. The van der Waals surface area contributed by atoms with Gasteiger partial charge in [-0.3, -0.25) is 4.79 Å². The van der Waals surface area contributed by atoms with Crippen molar-refractivity contribution >= 4 is 5.78 Å². The van der Waals surface area contributed by atoms with Crippen molar-refractivity contribution in [1.29, 1.82) is 0 Å². The van der Waals surface area contributed by atoms with Crippen LogP contribution in [0.4, 0.5) is 0 Å². The van der Waals surface area contributed by atoms with Crippen LogP contribution in [0.3, 0.4) is 0 Å². The average Bonchev–Trinajstić information content (AvgIpc) is 3.19. The summed E-state index contributed by atoms with van der Waals surface area (Å²) in [6.45, 7) is 3.99. The highest BCUT2D eigenvalue weighted by Gasteiger charge is 2.17. The zero-order chi connectivity index (χ0) is 20.4. The molecule has 0 N–H and O–H groups in total. The normalized spacial score (nSPS) is 10.7. The largest absolute Gasteiger partial charge is 0.495 e. The van der Waals surface area contributed by atoms with E-state index in [4.69, 9.17) is 4.74 Å². The zero-order valence-electron chi connectivity index (χ0n) is 16.7. The van der Waals surface area contributed by atoms with E-state index in [-0.39, 0.29) is 5.78 Å². The molecule has 4 nitrogen and oxygen atoms in total. The number of carbonyl (C=O) groups excluding carboxylic acids is 1. The maximum absolute atomic E-state index is 13.4. The summed E-state index contributed by atoms with van der Waals surface area (Å²) in [7, 11) is 1.61. The summed E-state index contributed by atoms with van der Waals surface area (Å²) in [4.78, 5) is 17.6. The van der Waals surface area contributed by atoms with Crippen LogP contribution in [-0.2, 0) is 0 Å². The maximum atomic E-state index is 13.4. The number of ether oxygens (including phenoxy) is 1. The summed E-state index contributed by atoms with van der Waals surface area (Å²) in [6.07, 6.45) is 3.66. The van der Waals surface area contributed by atoms with Gasteiger partial charge in [-0.15, -0.1) is 0 Å². The second-order valence-electron chi connectivity index (χ2n) is 7.05. The second kappa shape index (κ2) is 7.76. The molecule has 0 aliphatic heterocycles. The molecule has 0 saturated carbocycles. The van der Waals surface area contributed by atoms with E-state index >= 15 is 0 Å². The zero-order valence-corrected chi connectivity index (χ0v) is 16.7. The number of aromatic nitrogens is 2. The van der Waals surface area contributed by atoms with Crippen LogP contribution >= 0.6 is 0 Å². The van der Waals surface area contributed by atoms with Crippen molar-refractivity contribution in [2.24, 2.45) is 0 Å². The number of nitrogens with zero attached hydrogens (tertiary/aromatic N) is 2. The SMILES string of the molecule is COc1cc(C(=O)c2ccccc2-c2ccc(C)cc2)ccc1-n1cnc(C)c1. The van der Waals surface area contributed by atoms with Gasteiger partial charge in [0.25, 0.3) is 0 Å². The van der Waals surface area contributed by atoms with Crippen molar-refractivity contribution in [1.82, 2.24) is 9.55 Å². The predicted molar refractivity (Wildman–Crippen MR) is 115 cm³/mol. The fraction of sp³-hybridized carbons (Fsp3) is 0.120. The number of benzene rings is 3. The van der Waals surface area contributed by atoms with E-state index in [1.54, 1.807) is 19.5 Å². The lowest BCUT2D eigenvalue weighted by Gasteiger charge is -2.13. The van der Waals surface area contributed by atoms with E-state index in [2.05, 4.69) is 24.0 Å². The Bertz CT molecular complexity index is 1170. The fourth-order valence-corrected chi connectivity index (χ4v) is 3.41. The molecule has 0 aliphatic rings. The van der Waals surface area contributed by atoms with Crippen LogP contribution in [0.15, 0.2) is 79.3 Å². The smallest absolute Gasteiger partial charge is 0.193 e. The van der Waals surface area contributed by atoms with Gasteiger partial charge in [0.2, 0.25) is 0 Å². The Balaban J connectivity index is 1.75. The Morgan fingerprint density at radius 3 is 2.41 bits per heavy atom.